The summed E-state index contributed by atoms with van der Waals surface area (Å²) in [4.78, 5) is 14.9. The maximum Gasteiger partial charge on any atom is 0.261 e. The van der Waals surface area contributed by atoms with Crippen LogP contribution in [-0.2, 0) is 6.42 Å². The van der Waals surface area contributed by atoms with Crippen LogP contribution in [0.4, 0.5) is 0 Å². The van der Waals surface area contributed by atoms with Crippen LogP contribution >= 0.6 is 23.2 Å². The Hall–Kier alpha value is -1.98. The Morgan fingerprint density at radius 1 is 1.27 bits per heavy atom. The van der Waals surface area contributed by atoms with E-state index in [0.717, 1.165) is 42.9 Å². The molecule has 136 valence electrons. The van der Waals surface area contributed by atoms with Gasteiger partial charge in [0.1, 0.15) is 17.0 Å². The molecule has 5 nitrogen and oxygen atoms in total. The van der Waals surface area contributed by atoms with Crippen molar-refractivity contribution in [3.05, 3.63) is 45.3 Å². The highest BCUT2D eigenvalue weighted by Crippen LogP contribution is 2.36. The average molecular weight is 392 g/mol. The third kappa shape index (κ3) is 2.70. The van der Waals surface area contributed by atoms with Crippen LogP contribution in [0.3, 0.4) is 0 Å². The Kier molecular flexibility index (Phi) is 4.45. The molecule has 0 saturated carbocycles. The fraction of sp³-hybridized carbons (Fsp3) is 0.368. The van der Waals surface area contributed by atoms with Crippen LogP contribution in [-0.4, -0.2) is 33.5 Å². The van der Waals surface area contributed by atoms with Crippen LogP contribution in [0.15, 0.2) is 22.6 Å². The molecule has 1 aliphatic heterocycles. The van der Waals surface area contributed by atoms with E-state index in [1.54, 1.807) is 16.6 Å². The molecule has 1 amide bonds. The summed E-state index contributed by atoms with van der Waals surface area (Å²) in [7, 11) is 0. The van der Waals surface area contributed by atoms with Gasteiger partial charge in [0.25, 0.3) is 5.91 Å². The maximum atomic E-state index is 13.0. The zero-order valence-electron chi connectivity index (χ0n) is 14.7. The molecule has 7 heteroatoms. The average Bonchev–Trinajstić information content (AvgIpc) is 3.30. The molecule has 3 aromatic rings. The predicted octanol–water partition coefficient (Wildman–Crippen LogP) is 5.01. The van der Waals surface area contributed by atoms with Crippen LogP contribution in [0, 0.1) is 6.92 Å². The lowest BCUT2D eigenvalue weighted by Gasteiger charge is -2.14. The number of oxazole rings is 1. The standard InChI is InChI=1S/C19H19Cl2N3O2/c1-3-15-16(18(25)23-8-4-5-9-23)19-24(22-15)17(11(2)26-19)13-7-6-12(20)10-14(13)21/h6-7,10H,3-5,8-9H2,1-2H3. The Morgan fingerprint density at radius 2 is 2.00 bits per heavy atom. The van der Waals surface area contributed by atoms with Crippen molar-refractivity contribution in [2.45, 2.75) is 33.1 Å². The molecule has 1 saturated heterocycles. The molecule has 0 spiro atoms. The summed E-state index contributed by atoms with van der Waals surface area (Å²) in [6, 6.07) is 5.32. The second-order valence-corrected chi connectivity index (χ2v) is 7.37. The number of carbonyl (C=O) groups is 1. The lowest BCUT2D eigenvalue weighted by molar-refractivity contribution is 0.0792. The number of likely N-dealkylation sites (tertiary alicyclic amines) is 1. The monoisotopic (exact) mass is 391 g/mol. The van der Waals surface area contributed by atoms with Gasteiger partial charge in [-0.2, -0.15) is 9.61 Å². The number of halogens is 2. The van der Waals surface area contributed by atoms with Crippen molar-refractivity contribution in [2.24, 2.45) is 0 Å². The zero-order chi connectivity index (χ0) is 18.4. The minimum atomic E-state index is -0.00291. The minimum Gasteiger partial charge on any atom is -0.440 e. The number of benzene rings is 1. The summed E-state index contributed by atoms with van der Waals surface area (Å²) in [6.07, 6.45) is 2.74. The molecule has 0 N–H and O–H groups in total. The summed E-state index contributed by atoms with van der Waals surface area (Å²) in [6.45, 7) is 5.42. The van der Waals surface area contributed by atoms with E-state index in [-0.39, 0.29) is 5.91 Å². The molecule has 0 radical (unpaired) electrons. The van der Waals surface area contributed by atoms with Gasteiger partial charge in [0.05, 0.1) is 10.7 Å². The van der Waals surface area contributed by atoms with E-state index in [2.05, 4.69) is 5.10 Å². The van der Waals surface area contributed by atoms with E-state index in [4.69, 9.17) is 27.6 Å². The molecule has 3 heterocycles. The van der Waals surface area contributed by atoms with E-state index >= 15 is 0 Å². The molecule has 1 aliphatic rings. The van der Waals surface area contributed by atoms with Gasteiger partial charge in [0.15, 0.2) is 0 Å². The summed E-state index contributed by atoms with van der Waals surface area (Å²) in [5, 5.41) is 5.75. The smallest absolute Gasteiger partial charge is 0.261 e. The SMILES string of the molecule is CCc1nn2c(-c3ccc(Cl)cc3Cl)c(C)oc2c1C(=O)N1CCCC1. The third-order valence-corrected chi connectivity index (χ3v) is 5.39. The first-order valence-corrected chi connectivity index (χ1v) is 9.52. The van der Waals surface area contributed by atoms with Gasteiger partial charge in [-0.3, -0.25) is 4.79 Å². The number of amides is 1. The van der Waals surface area contributed by atoms with Crippen LogP contribution in [0.1, 0.15) is 41.6 Å². The van der Waals surface area contributed by atoms with Crippen molar-refractivity contribution in [3.8, 4) is 11.3 Å². The van der Waals surface area contributed by atoms with Gasteiger partial charge in [-0.05, 0) is 44.4 Å². The number of hydrogen-bond acceptors (Lipinski definition) is 3. The number of aromatic nitrogens is 2. The minimum absolute atomic E-state index is 0.00291. The number of carbonyl (C=O) groups excluding carboxylic acids is 1. The molecule has 0 atom stereocenters. The highest BCUT2D eigenvalue weighted by atomic mass is 35.5. The van der Waals surface area contributed by atoms with Crippen molar-refractivity contribution < 1.29 is 9.21 Å². The Bertz CT molecular complexity index is 1000. The number of aryl methyl sites for hydroxylation is 2. The van der Waals surface area contributed by atoms with Gasteiger partial charge < -0.3 is 9.32 Å². The van der Waals surface area contributed by atoms with Gasteiger partial charge in [-0.1, -0.05) is 30.1 Å². The number of rotatable bonds is 3. The second-order valence-electron chi connectivity index (χ2n) is 6.52. The van der Waals surface area contributed by atoms with E-state index in [9.17, 15) is 4.79 Å². The topological polar surface area (TPSA) is 50.8 Å². The third-order valence-electron chi connectivity index (χ3n) is 4.84. The van der Waals surface area contributed by atoms with Crippen LogP contribution in [0.25, 0.3) is 17.0 Å². The van der Waals surface area contributed by atoms with E-state index < -0.39 is 0 Å². The van der Waals surface area contributed by atoms with Gasteiger partial charge in [0.2, 0.25) is 5.71 Å². The largest absolute Gasteiger partial charge is 0.440 e. The van der Waals surface area contributed by atoms with Crippen molar-refractivity contribution in [3.63, 3.8) is 0 Å². The normalized spacial score (nSPS) is 14.5. The first-order chi connectivity index (χ1) is 12.5. The van der Waals surface area contributed by atoms with Crippen LogP contribution in [0.5, 0.6) is 0 Å². The van der Waals surface area contributed by atoms with Gasteiger partial charge in [0, 0.05) is 23.7 Å². The fourth-order valence-corrected chi connectivity index (χ4v) is 4.06. The number of nitrogens with zero attached hydrogens (tertiary/aromatic N) is 3. The highest BCUT2D eigenvalue weighted by molar-refractivity contribution is 6.36. The molecule has 26 heavy (non-hydrogen) atoms. The van der Waals surface area contributed by atoms with E-state index in [1.807, 2.05) is 24.8 Å². The molecular weight excluding hydrogens is 373 g/mol. The summed E-state index contributed by atoms with van der Waals surface area (Å²) in [5.41, 5.74) is 3.31. The summed E-state index contributed by atoms with van der Waals surface area (Å²) in [5.74, 6) is 0.659. The van der Waals surface area contributed by atoms with E-state index in [0.29, 0.717) is 33.5 Å². The molecule has 4 rings (SSSR count). The van der Waals surface area contributed by atoms with Crippen molar-refractivity contribution in [2.75, 3.05) is 13.1 Å². The maximum absolute atomic E-state index is 13.0. The van der Waals surface area contributed by atoms with Crippen molar-refractivity contribution in [1.29, 1.82) is 0 Å². The Labute approximate surface area is 161 Å². The Balaban J connectivity index is 1.91. The second kappa shape index (κ2) is 6.63. The quantitative estimate of drug-likeness (QED) is 0.630. The molecule has 0 unspecified atom stereocenters. The fourth-order valence-electron chi connectivity index (χ4n) is 3.56. The lowest BCUT2D eigenvalue weighted by Crippen LogP contribution is -2.28. The zero-order valence-corrected chi connectivity index (χ0v) is 16.2. The van der Waals surface area contributed by atoms with E-state index in [1.165, 1.54) is 0 Å². The van der Waals surface area contributed by atoms with Gasteiger partial charge in [-0.15, -0.1) is 0 Å². The molecule has 2 aromatic heterocycles. The van der Waals surface area contributed by atoms with Gasteiger partial charge in [-0.25, -0.2) is 0 Å². The van der Waals surface area contributed by atoms with Crippen LogP contribution < -0.4 is 0 Å². The molecule has 1 fully saturated rings. The number of hydrogen-bond donors (Lipinski definition) is 0. The summed E-state index contributed by atoms with van der Waals surface area (Å²) >= 11 is 12.4. The molecular formula is C19H19Cl2N3O2. The molecule has 1 aromatic carbocycles. The first kappa shape index (κ1) is 17.4. The Morgan fingerprint density at radius 3 is 2.65 bits per heavy atom. The van der Waals surface area contributed by atoms with Crippen molar-refractivity contribution >= 4 is 34.8 Å². The predicted molar refractivity (Wildman–Crippen MR) is 102 cm³/mol. The van der Waals surface area contributed by atoms with Gasteiger partial charge >= 0.3 is 0 Å². The van der Waals surface area contributed by atoms with Crippen molar-refractivity contribution in [1.82, 2.24) is 14.5 Å². The summed E-state index contributed by atoms with van der Waals surface area (Å²) < 4.78 is 7.70. The molecule has 0 bridgehead atoms. The molecule has 0 aliphatic carbocycles. The van der Waals surface area contributed by atoms with Crippen LogP contribution in [0.2, 0.25) is 10.0 Å². The highest BCUT2D eigenvalue weighted by Gasteiger charge is 2.30. The number of fused-ring (bicyclic) bond motifs is 1. The first-order valence-electron chi connectivity index (χ1n) is 8.77. The lowest BCUT2D eigenvalue weighted by atomic mass is 10.1.